The number of nitrogens with zero attached hydrogens (tertiary/aromatic N) is 1. The molecule has 2 aromatic rings. The SMILES string of the molecule is C[C@@]1(C(=O)NCc2cccc(F)c2)CCCN(C(=O)c2cccc(F)c2)C1. The van der Waals surface area contributed by atoms with Gasteiger partial charge in [-0.2, -0.15) is 0 Å². The minimum atomic E-state index is -0.742. The highest BCUT2D eigenvalue weighted by atomic mass is 19.1. The first-order valence-corrected chi connectivity index (χ1v) is 8.95. The molecule has 1 atom stereocenters. The van der Waals surface area contributed by atoms with Gasteiger partial charge in [-0.25, -0.2) is 8.78 Å². The lowest BCUT2D eigenvalue weighted by Crippen LogP contribution is -2.51. The second-order valence-electron chi connectivity index (χ2n) is 7.21. The summed E-state index contributed by atoms with van der Waals surface area (Å²) in [5.41, 5.74) is 0.212. The molecule has 1 aliphatic heterocycles. The van der Waals surface area contributed by atoms with E-state index in [1.807, 2.05) is 6.92 Å². The number of carbonyl (C=O) groups excluding carboxylic acids is 2. The summed E-state index contributed by atoms with van der Waals surface area (Å²) in [6, 6.07) is 11.6. The molecule has 3 rings (SSSR count). The molecule has 27 heavy (non-hydrogen) atoms. The number of halogens is 2. The van der Waals surface area contributed by atoms with Crippen LogP contribution in [-0.4, -0.2) is 29.8 Å². The van der Waals surface area contributed by atoms with Crippen molar-refractivity contribution in [2.24, 2.45) is 5.41 Å². The van der Waals surface area contributed by atoms with Gasteiger partial charge in [0.1, 0.15) is 11.6 Å². The average molecular weight is 372 g/mol. The molecule has 2 aromatic carbocycles. The van der Waals surface area contributed by atoms with Gasteiger partial charge < -0.3 is 10.2 Å². The molecule has 4 nitrogen and oxygen atoms in total. The van der Waals surface area contributed by atoms with Gasteiger partial charge in [-0.3, -0.25) is 9.59 Å². The Morgan fingerprint density at radius 3 is 2.52 bits per heavy atom. The molecule has 0 unspecified atom stereocenters. The van der Waals surface area contributed by atoms with Gasteiger partial charge in [-0.05, 0) is 55.7 Å². The Balaban J connectivity index is 1.66. The Morgan fingerprint density at radius 2 is 1.81 bits per heavy atom. The summed E-state index contributed by atoms with van der Waals surface area (Å²) in [6.07, 6.45) is 1.33. The van der Waals surface area contributed by atoms with Gasteiger partial charge in [0.05, 0.1) is 5.41 Å². The Labute approximate surface area is 157 Å². The molecular formula is C21H22F2N2O2. The molecule has 142 valence electrons. The number of likely N-dealkylation sites (tertiary alicyclic amines) is 1. The minimum Gasteiger partial charge on any atom is -0.351 e. The largest absolute Gasteiger partial charge is 0.351 e. The molecule has 1 aliphatic rings. The molecule has 1 fully saturated rings. The fraction of sp³-hybridized carbons (Fsp3) is 0.333. The summed E-state index contributed by atoms with van der Waals surface area (Å²) in [5, 5.41) is 2.84. The Hall–Kier alpha value is -2.76. The molecule has 6 heteroatoms. The van der Waals surface area contributed by atoms with Gasteiger partial charge >= 0.3 is 0 Å². The molecule has 0 saturated carbocycles. The van der Waals surface area contributed by atoms with E-state index in [-0.39, 0.29) is 36.3 Å². The highest BCUT2D eigenvalue weighted by Gasteiger charge is 2.39. The van der Waals surface area contributed by atoms with Gasteiger partial charge in [0.2, 0.25) is 5.91 Å². The van der Waals surface area contributed by atoms with Crippen LogP contribution in [0, 0.1) is 17.0 Å². The number of hydrogen-bond donors (Lipinski definition) is 1. The van der Waals surface area contributed by atoms with Crippen LogP contribution in [0.4, 0.5) is 8.78 Å². The predicted molar refractivity (Wildman–Crippen MR) is 97.9 cm³/mol. The number of benzene rings is 2. The van der Waals surface area contributed by atoms with Crippen LogP contribution in [0.1, 0.15) is 35.7 Å². The van der Waals surface area contributed by atoms with E-state index in [1.165, 1.54) is 30.3 Å². The van der Waals surface area contributed by atoms with Gasteiger partial charge in [0, 0.05) is 25.2 Å². The summed E-state index contributed by atoms with van der Waals surface area (Å²) in [7, 11) is 0. The molecule has 0 aromatic heterocycles. The van der Waals surface area contributed by atoms with Crippen LogP contribution in [0.5, 0.6) is 0 Å². The normalized spacial score (nSPS) is 19.6. The zero-order valence-electron chi connectivity index (χ0n) is 15.2. The minimum absolute atomic E-state index is 0.177. The van der Waals surface area contributed by atoms with E-state index in [1.54, 1.807) is 23.1 Å². The van der Waals surface area contributed by atoms with Gasteiger partial charge in [0.25, 0.3) is 5.91 Å². The fourth-order valence-electron chi connectivity index (χ4n) is 3.44. The maximum atomic E-state index is 13.4. The predicted octanol–water partition coefficient (Wildman–Crippen LogP) is 3.52. The standard InChI is InChI=1S/C21H22F2N2O2/c1-21(20(27)24-13-15-5-2-7-17(22)11-15)9-4-10-25(14-21)19(26)16-6-3-8-18(23)12-16/h2-3,5-8,11-12H,4,9-10,13-14H2,1H3,(H,24,27)/t21-/m1/s1. The average Bonchev–Trinajstić information content (AvgIpc) is 2.65. The van der Waals surface area contributed by atoms with Crippen molar-refractivity contribution in [1.29, 1.82) is 0 Å². The van der Waals surface area contributed by atoms with E-state index in [9.17, 15) is 18.4 Å². The fourth-order valence-corrected chi connectivity index (χ4v) is 3.44. The molecule has 1 heterocycles. The molecule has 0 radical (unpaired) electrons. The third kappa shape index (κ3) is 4.51. The second-order valence-corrected chi connectivity index (χ2v) is 7.21. The van der Waals surface area contributed by atoms with Crippen molar-refractivity contribution in [2.75, 3.05) is 13.1 Å². The van der Waals surface area contributed by atoms with Crippen LogP contribution in [-0.2, 0) is 11.3 Å². The van der Waals surface area contributed by atoms with Gasteiger partial charge in [-0.1, -0.05) is 18.2 Å². The van der Waals surface area contributed by atoms with Crippen molar-refractivity contribution in [3.05, 3.63) is 71.3 Å². The van der Waals surface area contributed by atoms with Crippen molar-refractivity contribution in [2.45, 2.75) is 26.3 Å². The summed E-state index contributed by atoms with van der Waals surface area (Å²) < 4.78 is 26.7. The topological polar surface area (TPSA) is 49.4 Å². The molecule has 1 saturated heterocycles. The molecule has 0 spiro atoms. The smallest absolute Gasteiger partial charge is 0.253 e. The quantitative estimate of drug-likeness (QED) is 0.893. The van der Waals surface area contributed by atoms with E-state index >= 15 is 0 Å². The van der Waals surface area contributed by atoms with Crippen molar-refractivity contribution >= 4 is 11.8 Å². The van der Waals surface area contributed by atoms with E-state index < -0.39 is 11.2 Å². The summed E-state index contributed by atoms with van der Waals surface area (Å²) in [4.78, 5) is 27.0. The summed E-state index contributed by atoms with van der Waals surface area (Å²) >= 11 is 0. The number of nitrogens with one attached hydrogen (secondary N) is 1. The molecular weight excluding hydrogens is 350 g/mol. The first kappa shape index (κ1) is 19.0. The Bertz CT molecular complexity index is 856. The third-order valence-electron chi connectivity index (χ3n) is 4.95. The lowest BCUT2D eigenvalue weighted by molar-refractivity contribution is -0.132. The highest BCUT2D eigenvalue weighted by molar-refractivity contribution is 5.95. The Kier molecular flexibility index (Phi) is 5.54. The third-order valence-corrected chi connectivity index (χ3v) is 4.95. The van der Waals surface area contributed by atoms with E-state index in [2.05, 4.69) is 5.32 Å². The summed E-state index contributed by atoms with van der Waals surface area (Å²) in [6.45, 7) is 2.84. The van der Waals surface area contributed by atoms with Gasteiger partial charge in [-0.15, -0.1) is 0 Å². The number of rotatable bonds is 4. The number of piperidine rings is 1. The zero-order chi connectivity index (χ0) is 19.4. The summed E-state index contributed by atoms with van der Waals surface area (Å²) in [5.74, 6) is -1.27. The van der Waals surface area contributed by atoms with Crippen LogP contribution in [0.3, 0.4) is 0 Å². The lowest BCUT2D eigenvalue weighted by atomic mass is 9.80. The zero-order valence-corrected chi connectivity index (χ0v) is 15.2. The van der Waals surface area contributed by atoms with E-state index in [0.717, 1.165) is 0 Å². The number of hydrogen-bond acceptors (Lipinski definition) is 2. The van der Waals surface area contributed by atoms with Crippen LogP contribution < -0.4 is 5.32 Å². The molecule has 0 bridgehead atoms. The molecule has 2 amide bonds. The van der Waals surface area contributed by atoms with Crippen molar-refractivity contribution < 1.29 is 18.4 Å². The monoisotopic (exact) mass is 372 g/mol. The van der Waals surface area contributed by atoms with Gasteiger partial charge in [0.15, 0.2) is 0 Å². The first-order valence-electron chi connectivity index (χ1n) is 8.95. The molecule has 1 N–H and O–H groups in total. The first-order chi connectivity index (χ1) is 12.9. The van der Waals surface area contributed by atoms with Crippen LogP contribution in [0.2, 0.25) is 0 Å². The Morgan fingerprint density at radius 1 is 1.11 bits per heavy atom. The maximum Gasteiger partial charge on any atom is 0.253 e. The second kappa shape index (κ2) is 7.86. The van der Waals surface area contributed by atoms with Crippen molar-refractivity contribution in [3.8, 4) is 0 Å². The van der Waals surface area contributed by atoms with E-state index in [4.69, 9.17) is 0 Å². The molecule has 0 aliphatic carbocycles. The van der Waals surface area contributed by atoms with Crippen molar-refractivity contribution in [1.82, 2.24) is 10.2 Å². The van der Waals surface area contributed by atoms with Crippen LogP contribution in [0.25, 0.3) is 0 Å². The van der Waals surface area contributed by atoms with Crippen LogP contribution >= 0.6 is 0 Å². The number of amides is 2. The number of carbonyl (C=O) groups is 2. The lowest BCUT2D eigenvalue weighted by Gasteiger charge is -2.39. The van der Waals surface area contributed by atoms with Crippen molar-refractivity contribution in [3.63, 3.8) is 0 Å². The maximum absolute atomic E-state index is 13.4. The van der Waals surface area contributed by atoms with E-state index in [0.29, 0.717) is 24.9 Å². The highest BCUT2D eigenvalue weighted by Crippen LogP contribution is 2.30. The van der Waals surface area contributed by atoms with Crippen LogP contribution in [0.15, 0.2) is 48.5 Å².